The first kappa shape index (κ1) is 12.2. The van der Waals surface area contributed by atoms with Crippen molar-refractivity contribution >= 4 is 0 Å². The fraction of sp³-hybridized carbons (Fsp3) is 0.857. The van der Waals surface area contributed by atoms with Crippen LogP contribution in [0, 0.1) is 5.92 Å². The fourth-order valence-electron chi connectivity index (χ4n) is 3.31. The number of hydrogen-bond acceptors (Lipinski definition) is 3. The maximum atomic E-state index is 4.78. The Kier molecular flexibility index (Phi) is 3.64. The molecule has 4 nitrogen and oxygen atoms in total. The fourth-order valence-corrected chi connectivity index (χ4v) is 3.31. The molecule has 18 heavy (non-hydrogen) atoms. The van der Waals surface area contributed by atoms with E-state index < -0.39 is 0 Å². The molecular formula is C14H24N4. The first-order valence-corrected chi connectivity index (χ1v) is 7.43. The second kappa shape index (κ2) is 5.39. The van der Waals surface area contributed by atoms with Crippen molar-refractivity contribution in [2.45, 2.75) is 50.9 Å². The van der Waals surface area contributed by atoms with Crippen LogP contribution in [0.3, 0.4) is 0 Å². The third-order valence-electron chi connectivity index (χ3n) is 4.53. The molecule has 1 N–H and O–H groups in total. The van der Waals surface area contributed by atoms with E-state index in [1.807, 2.05) is 11.7 Å². The second-order valence-electron chi connectivity index (χ2n) is 5.89. The van der Waals surface area contributed by atoms with Gasteiger partial charge in [0.2, 0.25) is 0 Å². The summed E-state index contributed by atoms with van der Waals surface area (Å²) in [5, 5.41) is 8.06. The van der Waals surface area contributed by atoms with Crippen molar-refractivity contribution in [1.29, 1.82) is 0 Å². The summed E-state index contributed by atoms with van der Waals surface area (Å²) < 4.78 is 2.01. The van der Waals surface area contributed by atoms with E-state index in [4.69, 9.17) is 4.98 Å². The minimum atomic E-state index is 0.637. The smallest absolute Gasteiger partial charge is 0.154 e. The van der Waals surface area contributed by atoms with Crippen LogP contribution in [0.2, 0.25) is 0 Å². The summed E-state index contributed by atoms with van der Waals surface area (Å²) in [5.41, 5.74) is 0. The lowest BCUT2D eigenvalue weighted by molar-refractivity contribution is 0.515. The highest BCUT2D eigenvalue weighted by molar-refractivity contribution is 5.01. The Balaban J connectivity index is 1.60. The van der Waals surface area contributed by atoms with Gasteiger partial charge < -0.3 is 5.32 Å². The second-order valence-corrected chi connectivity index (χ2v) is 5.89. The molecule has 0 aromatic carbocycles. The normalized spacial score (nSPS) is 25.1. The quantitative estimate of drug-likeness (QED) is 0.886. The molecule has 2 aliphatic rings. The van der Waals surface area contributed by atoms with Crippen molar-refractivity contribution in [2.75, 3.05) is 13.1 Å². The van der Waals surface area contributed by atoms with Gasteiger partial charge in [0.1, 0.15) is 5.82 Å². The highest BCUT2D eigenvalue weighted by Gasteiger charge is 2.22. The van der Waals surface area contributed by atoms with E-state index in [1.54, 1.807) is 0 Å². The molecule has 0 amide bonds. The van der Waals surface area contributed by atoms with Crippen molar-refractivity contribution in [3.8, 4) is 0 Å². The molecule has 4 heteroatoms. The summed E-state index contributed by atoms with van der Waals surface area (Å²) >= 11 is 0. The van der Waals surface area contributed by atoms with Crippen LogP contribution in [-0.4, -0.2) is 27.9 Å². The van der Waals surface area contributed by atoms with Gasteiger partial charge in [0.05, 0.1) is 0 Å². The Labute approximate surface area is 109 Å². The van der Waals surface area contributed by atoms with Crippen LogP contribution in [0.1, 0.15) is 56.1 Å². The largest absolute Gasteiger partial charge is 0.316 e. The highest BCUT2D eigenvalue weighted by atomic mass is 15.3. The van der Waals surface area contributed by atoms with E-state index in [2.05, 4.69) is 10.4 Å². The molecule has 0 spiro atoms. The number of aryl methyl sites for hydroxylation is 2. The first-order chi connectivity index (χ1) is 8.83. The summed E-state index contributed by atoms with van der Waals surface area (Å²) in [6.45, 7) is 2.38. The molecule has 0 radical (unpaired) electrons. The summed E-state index contributed by atoms with van der Waals surface area (Å²) in [4.78, 5) is 4.78. The zero-order valence-electron chi connectivity index (χ0n) is 11.4. The molecule has 1 unspecified atom stereocenters. The minimum absolute atomic E-state index is 0.637. The molecule has 1 aliphatic heterocycles. The molecule has 2 heterocycles. The lowest BCUT2D eigenvalue weighted by atomic mass is 10.0. The van der Waals surface area contributed by atoms with Crippen molar-refractivity contribution in [3.05, 3.63) is 11.6 Å². The van der Waals surface area contributed by atoms with Gasteiger partial charge in [-0.15, -0.1) is 0 Å². The average molecular weight is 248 g/mol. The summed E-state index contributed by atoms with van der Waals surface area (Å²) in [6, 6.07) is 0. The SMILES string of the molecule is Cn1nc(C2CCCC2)nc1CCC1CCNC1. The minimum Gasteiger partial charge on any atom is -0.316 e. The maximum absolute atomic E-state index is 4.78. The molecule has 1 aromatic heterocycles. The van der Waals surface area contributed by atoms with E-state index in [1.165, 1.54) is 57.4 Å². The van der Waals surface area contributed by atoms with Crippen LogP contribution in [0.5, 0.6) is 0 Å². The van der Waals surface area contributed by atoms with Crippen LogP contribution >= 0.6 is 0 Å². The number of aromatic nitrogens is 3. The number of hydrogen-bond donors (Lipinski definition) is 1. The molecule has 3 rings (SSSR count). The standard InChI is InChI=1S/C14H24N4/c1-18-13(7-6-11-8-9-15-10-11)16-14(17-18)12-4-2-3-5-12/h11-12,15H,2-10H2,1H3. The molecule has 1 saturated carbocycles. The lowest BCUT2D eigenvalue weighted by Gasteiger charge is -2.06. The predicted molar refractivity (Wildman–Crippen MR) is 71.5 cm³/mol. The van der Waals surface area contributed by atoms with Crippen molar-refractivity contribution in [3.63, 3.8) is 0 Å². The van der Waals surface area contributed by atoms with Crippen molar-refractivity contribution in [1.82, 2.24) is 20.1 Å². The third kappa shape index (κ3) is 2.58. The zero-order valence-corrected chi connectivity index (χ0v) is 11.4. The molecular weight excluding hydrogens is 224 g/mol. The molecule has 1 aromatic rings. The molecule has 2 fully saturated rings. The van der Waals surface area contributed by atoms with Crippen molar-refractivity contribution in [2.24, 2.45) is 13.0 Å². The molecule has 1 aliphatic carbocycles. The van der Waals surface area contributed by atoms with Gasteiger partial charge in [-0.2, -0.15) is 5.10 Å². The van der Waals surface area contributed by atoms with Crippen LogP contribution < -0.4 is 5.32 Å². The van der Waals surface area contributed by atoms with Crippen molar-refractivity contribution < 1.29 is 0 Å². The Morgan fingerprint density at radius 3 is 2.83 bits per heavy atom. The first-order valence-electron chi connectivity index (χ1n) is 7.43. The predicted octanol–water partition coefficient (Wildman–Crippen LogP) is 2.01. The summed E-state index contributed by atoms with van der Waals surface area (Å²) in [7, 11) is 2.05. The van der Waals surface area contributed by atoms with Gasteiger partial charge in [-0.3, -0.25) is 4.68 Å². The summed E-state index contributed by atoms with van der Waals surface area (Å²) in [5.74, 6) is 3.77. The van der Waals surface area contributed by atoms with E-state index in [-0.39, 0.29) is 0 Å². The Morgan fingerprint density at radius 2 is 2.11 bits per heavy atom. The lowest BCUT2D eigenvalue weighted by Crippen LogP contribution is -2.10. The van der Waals surface area contributed by atoms with Crippen LogP contribution in [0.4, 0.5) is 0 Å². The number of nitrogens with one attached hydrogen (secondary N) is 1. The van der Waals surface area contributed by atoms with Crippen LogP contribution in [-0.2, 0) is 13.5 Å². The van der Waals surface area contributed by atoms with Gasteiger partial charge in [0, 0.05) is 19.4 Å². The number of rotatable bonds is 4. The van der Waals surface area contributed by atoms with E-state index >= 15 is 0 Å². The Bertz CT molecular complexity index is 386. The van der Waals surface area contributed by atoms with Gasteiger partial charge in [0.25, 0.3) is 0 Å². The average Bonchev–Trinajstić information content (AvgIpc) is 3.09. The zero-order chi connectivity index (χ0) is 12.4. The van der Waals surface area contributed by atoms with E-state index in [0.717, 1.165) is 18.2 Å². The molecule has 1 saturated heterocycles. The maximum Gasteiger partial charge on any atom is 0.154 e. The third-order valence-corrected chi connectivity index (χ3v) is 4.53. The van der Waals surface area contributed by atoms with Gasteiger partial charge in [-0.1, -0.05) is 12.8 Å². The monoisotopic (exact) mass is 248 g/mol. The summed E-state index contributed by atoms with van der Waals surface area (Å²) in [6.07, 6.45) is 8.95. The van der Waals surface area contributed by atoms with Gasteiger partial charge in [0.15, 0.2) is 5.82 Å². The molecule has 1 atom stereocenters. The van der Waals surface area contributed by atoms with Crippen LogP contribution in [0.15, 0.2) is 0 Å². The topological polar surface area (TPSA) is 42.7 Å². The highest BCUT2D eigenvalue weighted by Crippen LogP contribution is 2.32. The van der Waals surface area contributed by atoms with E-state index in [0.29, 0.717) is 5.92 Å². The van der Waals surface area contributed by atoms with Gasteiger partial charge in [-0.05, 0) is 44.7 Å². The van der Waals surface area contributed by atoms with Gasteiger partial charge in [-0.25, -0.2) is 4.98 Å². The molecule has 100 valence electrons. The Morgan fingerprint density at radius 1 is 1.28 bits per heavy atom. The number of nitrogens with zero attached hydrogens (tertiary/aromatic N) is 3. The van der Waals surface area contributed by atoms with E-state index in [9.17, 15) is 0 Å². The Hall–Kier alpha value is -0.900. The van der Waals surface area contributed by atoms with Crippen LogP contribution in [0.25, 0.3) is 0 Å². The van der Waals surface area contributed by atoms with Gasteiger partial charge >= 0.3 is 0 Å². The molecule has 0 bridgehead atoms.